The first-order valence-electron chi connectivity index (χ1n) is 8.53. The van der Waals surface area contributed by atoms with Gasteiger partial charge in [-0.2, -0.15) is 0 Å². The number of carbonyl (C=O) groups excluding carboxylic acids is 3. The summed E-state index contributed by atoms with van der Waals surface area (Å²) in [6.45, 7) is 0.318. The van der Waals surface area contributed by atoms with E-state index in [0.29, 0.717) is 23.7 Å². The molecule has 0 unspecified atom stereocenters. The number of carbonyl (C=O) groups is 3. The van der Waals surface area contributed by atoms with Crippen LogP contribution in [0.1, 0.15) is 16.1 Å². The molecule has 9 nitrogen and oxygen atoms in total. The fourth-order valence-electron chi connectivity index (χ4n) is 2.33. The normalized spacial score (nSPS) is 10.1. The Morgan fingerprint density at radius 2 is 1.79 bits per heavy atom. The molecule has 1 aromatic carbocycles. The fraction of sp³-hybridized carbons (Fsp3) is 0.0500. The van der Waals surface area contributed by atoms with Crippen molar-refractivity contribution in [3.63, 3.8) is 0 Å². The molecule has 0 radical (unpaired) electrons. The maximum atomic E-state index is 11.9. The van der Waals surface area contributed by atoms with E-state index in [1.165, 1.54) is 12.3 Å². The molecule has 9 heteroatoms. The van der Waals surface area contributed by atoms with Crippen LogP contribution in [0.3, 0.4) is 0 Å². The number of pyridine rings is 2. The summed E-state index contributed by atoms with van der Waals surface area (Å²) in [6, 6.07) is 13.0. The summed E-state index contributed by atoms with van der Waals surface area (Å²) >= 11 is 0. The Morgan fingerprint density at radius 1 is 1.00 bits per heavy atom. The summed E-state index contributed by atoms with van der Waals surface area (Å²) in [5.74, 6) is -1.12. The predicted molar refractivity (Wildman–Crippen MR) is 104 cm³/mol. The molecule has 3 aromatic rings. The van der Waals surface area contributed by atoms with Crippen LogP contribution in [0.5, 0.6) is 11.5 Å². The third-order valence-corrected chi connectivity index (χ3v) is 3.72. The smallest absolute Gasteiger partial charge is 0.319 e. The number of ether oxygens (including phenoxy) is 1. The average Bonchev–Trinajstić information content (AvgIpc) is 2.73. The third kappa shape index (κ3) is 5.60. The highest BCUT2D eigenvalue weighted by atomic mass is 16.5. The van der Waals surface area contributed by atoms with Gasteiger partial charge in [0.2, 0.25) is 0 Å². The van der Waals surface area contributed by atoms with E-state index in [9.17, 15) is 14.4 Å². The van der Waals surface area contributed by atoms with Crippen LogP contribution in [0.15, 0.2) is 67.1 Å². The summed E-state index contributed by atoms with van der Waals surface area (Å²) in [7, 11) is 0. The number of ketones is 1. The maximum Gasteiger partial charge on any atom is 0.319 e. The molecule has 0 fully saturated rings. The molecular formula is C20H17N5O4. The average molecular weight is 391 g/mol. The zero-order valence-corrected chi connectivity index (χ0v) is 15.2. The van der Waals surface area contributed by atoms with E-state index in [2.05, 4.69) is 20.6 Å². The minimum absolute atomic E-state index is 0.0875. The number of nitrogens with zero attached hydrogens (tertiary/aromatic N) is 2. The van der Waals surface area contributed by atoms with Crippen LogP contribution in [-0.4, -0.2) is 27.7 Å². The van der Waals surface area contributed by atoms with E-state index < -0.39 is 11.7 Å². The molecule has 0 aliphatic carbocycles. The van der Waals surface area contributed by atoms with E-state index in [4.69, 9.17) is 10.5 Å². The van der Waals surface area contributed by atoms with Gasteiger partial charge in [0.05, 0.1) is 11.9 Å². The van der Waals surface area contributed by atoms with E-state index in [-0.39, 0.29) is 11.7 Å². The summed E-state index contributed by atoms with van der Waals surface area (Å²) < 4.78 is 5.66. The Balaban J connectivity index is 1.55. The second-order valence-electron chi connectivity index (χ2n) is 5.87. The van der Waals surface area contributed by atoms with Crippen molar-refractivity contribution in [3.05, 3.63) is 78.4 Å². The first-order chi connectivity index (χ1) is 14.0. The van der Waals surface area contributed by atoms with Crippen LogP contribution >= 0.6 is 0 Å². The Bertz CT molecular complexity index is 1020. The Hall–Kier alpha value is -4.27. The number of rotatable bonds is 7. The van der Waals surface area contributed by atoms with Gasteiger partial charge < -0.3 is 21.1 Å². The van der Waals surface area contributed by atoms with Gasteiger partial charge in [0.25, 0.3) is 11.7 Å². The topological polar surface area (TPSA) is 136 Å². The summed E-state index contributed by atoms with van der Waals surface area (Å²) in [4.78, 5) is 42.2. The molecule has 0 spiro atoms. The number of nitrogens with one attached hydrogen (secondary N) is 2. The molecule has 0 aliphatic heterocycles. The Kier molecular flexibility index (Phi) is 6.11. The van der Waals surface area contributed by atoms with Crippen molar-refractivity contribution < 1.29 is 19.1 Å². The molecule has 3 amide bonds. The van der Waals surface area contributed by atoms with E-state index in [0.717, 1.165) is 5.56 Å². The summed E-state index contributed by atoms with van der Waals surface area (Å²) in [5.41, 5.74) is 6.34. The van der Waals surface area contributed by atoms with Crippen LogP contribution in [0.4, 0.5) is 10.5 Å². The van der Waals surface area contributed by atoms with Crippen LogP contribution in [-0.2, 0) is 11.3 Å². The second-order valence-corrected chi connectivity index (χ2v) is 5.87. The Morgan fingerprint density at radius 3 is 2.48 bits per heavy atom. The number of amides is 3. The number of primary amides is 1. The highest BCUT2D eigenvalue weighted by Crippen LogP contribution is 2.22. The molecule has 0 saturated heterocycles. The van der Waals surface area contributed by atoms with Gasteiger partial charge in [0.1, 0.15) is 17.2 Å². The lowest BCUT2D eigenvalue weighted by atomic mass is 10.2. The summed E-state index contributed by atoms with van der Waals surface area (Å²) in [5, 5.41) is 5.41. The van der Waals surface area contributed by atoms with Gasteiger partial charge in [-0.15, -0.1) is 0 Å². The zero-order valence-electron chi connectivity index (χ0n) is 15.2. The van der Waals surface area contributed by atoms with Crippen molar-refractivity contribution in [1.29, 1.82) is 0 Å². The molecule has 2 heterocycles. The first-order valence-corrected chi connectivity index (χ1v) is 8.53. The van der Waals surface area contributed by atoms with E-state index in [1.54, 1.807) is 54.9 Å². The van der Waals surface area contributed by atoms with E-state index in [1.807, 2.05) is 0 Å². The van der Waals surface area contributed by atoms with Gasteiger partial charge in [0, 0.05) is 25.0 Å². The standard InChI is InChI=1S/C20H17N5O4/c21-19(27)18(26)17-10-16(7-9-23-17)29-15-5-3-13(4-6-15)11-24-20(28)25-14-2-1-8-22-12-14/h1-10,12H,11H2,(H2,21,27)(H2,24,25,28). The van der Waals surface area contributed by atoms with Gasteiger partial charge in [0.15, 0.2) is 0 Å². The van der Waals surface area contributed by atoms with Crippen molar-refractivity contribution in [2.24, 2.45) is 5.73 Å². The molecule has 146 valence electrons. The molecule has 29 heavy (non-hydrogen) atoms. The third-order valence-electron chi connectivity index (χ3n) is 3.72. The van der Waals surface area contributed by atoms with Crippen molar-refractivity contribution in [3.8, 4) is 11.5 Å². The number of hydrogen-bond donors (Lipinski definition) is 3. The number of nitrogens with two attached hydrogens (primary N) is 1. The second kappa shape index (κ2) is 9.09. The van der Waals surface area contributed by atoms with Gasteiger partial charge in [-0.3, -0.25) is 19.6 Å². The van der Waals surface area contributed by atoms with Gasteiger partial charge in [-0.25, -0.2) is 4.79 Å². The van der Waals surface area contributed by atoms with Crippen LogP contribution in [0.2, 0.25) is 0 Å². The summed E-state index contributed by atoms with van der Waals surface area (Å²) in [6.07, 6.45) is 4.52. The number of hydrogen-bond acceptors (Lipinski definition) is 6. The number of urea groups is 1. The highest BCUT2D eigenvalue weighted by molar-refractivity contribution is 6.41. The van der Waals surface area contributed by atoms with Crippen molar-refractivity contribution in [2.45, 2.75) is 6.54 Å². The maximum absolute atomic E-state index is 11.9. The molecule has 0 atom stereocenters. The highest BCUT2D eigenvalue weighted by Gasteiger charge is 2.14. The molecular weight excluding hydrogens is 374 g/mol. The lowest BCUT2D eigenvalue weighted by Crippen LogP contribution is -2.28. The Labute approximate surface area is 165 Å². The van der Waals surface area contributed by atoms with E-state index >= 15 is 0 Å². The molecule has 2 aromatic heterocycles. The molecule has 0 bridgehead atoms. The monoisotopic (exact) mass is 391 g/mol. The predicted octanol–water partition coefficient (Wildman–Crippen LogP) is 2.26. The van der Waals surface area contributed by atoms with Gasteiger partial charge in [-0.1, -0.05) is 12.1 Å². The minimum atomic E-state index is -1.08. The fourth-order valence-corrected chi connectivity index (χ4v) is 2.33. The van der Waals surface area contributed by atoms with Crippen molar-refractivity contribution in [1.82, 2.24) is 15.3 Å². The molecule has 3 rings (SSSR count). The zero-order chi connectivity index (χ0) is 20.6. The number of anilines is 1. The first kappa shape index (κ1) is 19.5. The largest absolute Gasteiger partial charge is 0.457 e. The quantitative estimate of drug-likeness (QED) is 0.417. The van der Waals surface area contributed by atoms with Crippen LogP contribution < -0.4 is 21.1 Å². The van der Waals surface area contributed by atoms with Crippen LogP contribution in [0.25, 0.3) is 0 Å². The lowest BCUT2D eigenvalue weighted by molar-refractivity contribution is -0.114. The minimum Gasteiger partial charge on any atom is -0.457 e. The molecule has 0 saturated carbocycles. The lowest BCUT2D eigenvalue weighted by Gasteiger charge is -2.09. The number of benzene rings is 1. The number of Topliss-reactive ketones (excluding diaryl/α,β-unsaturated/α-hetero) is 1. The number of aromatic nitrogens is 2. The SMILES string of the molecule is NC(=O)C(=O)c1cc(Oc2ccc(CNC(=O)Nc3cccnc3)cc2)ccn1. The van der Waals surface area contributed by atoms with Crippen molar-refractivity contribution in [2.75, 3.05) is 5.32 Å². The van der Waals surface area contributed by atoms with Gasteiger partial charge in [-0.05, 0) is 35.9 Å². The molecule has 0 aliphatic rings. The van der Waals surface area contributed by atoms with Crippen LogP contribution in [0, 0.1) is 0 Å². The van der Waals surface area contributed by atoms with Crippen molar-refractivity contribution >= 4 is 23.4 Å². The van der Waals surface area contributed by atoms with Gasteiger partial charge >= 0.3 is 6.03 Å². The molecule has 4 N–H and O–H groups in total.